The third-order valence-corrected chi connectivity index (χ3v) is 7.06. The molecule has 0 saturated heterocycles. The zero-order chi connectivity index (χ0) is 23.7. The molecule has 4 aromatic carbocycles. The maximum Gasteiger partial charge on any atom is 0.162 e. The van der Waals surface area contributed by atoms with Gasteiger partial charge in [0.15, 0.2) is 5.78 Å². The van der Waals surface area contributed by atoms with Crippen LogP contribution in [-0.2, 0) is 5.41 Å². The average Bonchev–Trinajstić information content (AvgIpc) is 2.88. The molecule has 0 unspecified atom stereocenters. The monoisotopic (exact) mass is 445 g/mol. The minimum Gasteiger partial charge on any atom is -0.310 e. The highest BCUT2D eigenvalue weighted by Crippen LogP contribution is 2.51. The second kappa shape index (κ2) is 8.95. The van der Waals surface area contributed by atoms with Crippen molar-refractivity contribution >= 4 is 22.8 Å². The first-order valence-corrected chi connectivity index (χ1v) is 12.2. The van der Waals surface area contributed by atoms with Gasteiger partial charge >= 0.3 is 0 Å². The number of carbonyl (C=O) groups is 1. The third-order valence-electron chi connectivity index (χ3n) is 7.06. The Labute approximate surface area is 202 Å². The Morgan fingerprint density at radius 2 is 1.21 bits per heavy atom. The Hall–Kier alpha value is -3.65. The second-order valence-electron chi connectivity index (χ2n) is 9.65. The first-order valence-electron chi connectivity index (χ1n) is 12.2. The van der Waals surface area contributed by atoms with E-state index < -0.39 is 0 Å². The molecule has 0 spiro atoms. The second-order valence-corrected chi connectivity index (χ2v) is 9.65. The fourth-order valence-corrected chi connectivity index (χ4v) is 5.08. The van der Waals surface area contributed by atoms with Gasteiger partial charge in [0.05, 0.1) is 11.4 Å². The van der Waals surface area contributed by atoms with Gasteiger partial charge in [-0.15, -0.1) is 0 Å². The smallest absolute Gasteiger partial charge is 0.162 e. The van der Waals surface area contributed by atoms with Gasteiger partial charge in [-0.3, -0.25) is 4.79 Å². The predicted octanol–water partition coefficient (Wildman–Crippen LogP) is 8.84. The Balaban J connectivity index is 1.48. The number of carbonyl (C=O) groups excluding carboxylic acids is 1. The molecule has 170 valence electrons. The molecule has 1 aliphatic rings. The van der Waals surface area contributed by atoms with Crippen molar-refractivity contribution in [2.24, 2.45) is 0 Å². The van der Waals surface area contributed by atoms with Crippen molar-refractivity contribution in [1.82, 2.24) is 0 Å². The van der Waals surface area contributed by atoms with Crippen molar-refractivity contribution in [3.63, 3.8) is 0 Å². The first-order chi connectivity index (χ1) is 16.5. The molecule has 4 aromatic rings. The molecule has 34 heavy (non-hydrogen) atoms. The summed E-state index contributed by atoms with van der Waals surface area (Å²) in [6, 6.07) is 34.2. The number of nitrogens with zero attached hydrogens (tertiary/aromatic N) is 1. The van der Waals surface area contributed by atoms with Crippen molar-refractivity contribution in [1.29, 1.82) is 0 Å². The van der Waals surface area contributed by atoms with E-state index in [2.05, 4.69) is 111 Å². The number of hydrogen-bond acceptors (Lipinski definition) is 2. The molecule has 0 saturated carbocycles. The van der Waals surface area contributed by atoms with Crippen LogP contribution in [0.2, 0.25) is 0 Å². The molecule has 1 aliphatic heterocycles. The topological polar surface area (TPSA) is 20.3 Å². The molecule has 2 heteroatoms. The highest BCUT2D eigenvalue weighted by atomic mass is 16.1. The molecule has 0 amide bonds. The summed E-state index contributed by atoms with van der Waals surface area (Å²) >= 11 is 0. The van der Waals surface area contributed by atoms with Gasteiger partial charge in [-0.2, -0.15) is 0 Å². The number of unbranched alkanes of at least 4 members (excludes halogenated alkanes) is 1. The number of rotatable bonds is 6. The van der Waals surface area contributed by atoms with E-state index in [0.29, 0.717) is 6.42 Å². The molecule has 0 aromatic heterocycles. The number of anilines is 3. The minimum atomic E-state index is -0.0556. The van der Waals surface area contributed by atoms with Crippen LogP contribution in [-0.4, -0.2) is 5.78 Å². The van der Waals surface area contributed by atoms with E-state index in [1.54, 1.807) is 0 Å². The maximum absolute atomic E-state index is 12.3. The van der Waals surface area contributed by atoms with Crippen LogP contribution in [0.3, 0.4) is 0 Å². The molecular weight excluding hydrogens is 414 g/mol. The van der Waals surface area contributed by atoms with Crippen LogP contribution in [0.15, 0.2) is 97.1 Å². The zero-order valence-corrected chi connectivity index (χ0v) is 20.2. The van der Waals surface area contributed by atoms with Crippen LogP contribution in [0.25, 0.3) is 11.1 Å². The quantitative estimate of drug-likeness (QED) is 0.276. The van der Waals surface area contributed by atoms with Gasteiger partial charge in [-0.25, -0.2) is 0 Å². The Bertz CT molecular complexity index is 1270. The van der Waals surface area contributed by atoms with Crippen LogP contribution in [0.5, 0.6) is 0 Å². The molecule has 0 aliphatic carbocycles. The Morgan fingerprint density at radius 3 is 1.74 bits per heavy atom. The lowest BCUT2D eigenvalue weighted by molar-refractivity contribution is 0.0980. The number of Topliss-reactive ketones (excluding diaryl/α,β-unsaturated/α-hetero) is 1. The number of hydrogen-bond donors (Lipinski definition) is 0. The van der Waals surface area contributed by atoms with Gasteiger partial charge in [0.2, 0.25) is 0 Å². The zero-order valence-electron chi connectivity index (χ0n) is 20.2. The largest absolute Gasteiger partial charge is 0.310 e. The minimum absolute atomic E-state index is 0.0556. The van der Waals surface area contributed by atoms with Gasteiger partial charge < -0.3 is 4.90 Å². The van der Waals surface area contributed by atoms with Crippen molar-refractivity contribution < 1.29 is 4.79 Å². The van der Waals surface area contributed by atoms with E-state index in [-0.39, 0.29) is 11.2 Å². The van der Waals surface area contributed by atoms with Crippen LogP contribution in [0.1, 0.15) is 61.5 Å². The number of fused-ring (bicyclic) bond motifs is 2. The number of benzene rings is 4. The highest BCUT2D eigenvalue weighted by Gasteiger charge is 2.36. The van der Waals surface area contributed by atoms with Crippen molar-refractivity contribution in [3.8, 4) is 11.1 Å². The van der Waals surface area contributed by atoms with Crippen LogP contribution in [0.4, 0.5) is 17.1 Å². The maximum atomic E-state index is 12.3. The molecule has 0 radical (unpaired) electrons. The average molecular weight is 446 g/mol. The standard InChI is InChI=1S/C32H31NO/c1-4-5-14-31(34)25-17-15-23(16-18-25)24-19-21-26(22-20-24)33-29-12-8-6-10-27(29)32(2,3)28-11-7-9-13-30(28)33/h6-13,15-22H,4-5,14H2,1-3H3. The van der Waals surface area contributed by atoms with Crippen LogP contribution in [0, 0.1) is 0 Å². The summed E-state index contributed by atoms with van der Waals surface area (Å²) in [4.78, 5) is 14.7. The molecular formula is C32H31NO. The fourth-order valence-electron chi connectivity index (χ4n) is 5.08. The van der Waals surface area contributed by atoms with Crippen molar-refractivity contribution in [2.45, 2.75) is 45.4 Å². The predicted molar refractivity (Wildman–Crippen MR) is 143 cm³/mol. The van der Waals surface area contributed by atoms with E-state index in [9.17, 15) is 4.79 Å². The lowest BCUT2D eigenvalue weighted by Crippen LogP contribution is -2.30. The van der Waals surface area contributed by atoms with E-state index >= 15 is 0 Å². The van der Waals surface area contributed by atoms with E-state index in [1.165, 1.54) is 22.5 Å². The van der Waals surface area contributed by atoms with Gasteiger partial charge in [0.1, 0.15) is 0 Å². The number of ketones is 1. The lowest BCUT2D eigenvalue weighted by atomic mass is 9.73. The fraction of sp³-hybridized carbons (Fsp3) is 0.219. The van der Waals surface area contributed by atoms with Crippen LogP contribution < -0.4 is 4.90 Å². The normalized spacial score (nSPS) is 13.8. The third kappa shape index (κ3) is 3.84. The summed E-state index contributed by atoms with van der Waals surface area (Å²) in [5.74, 6) is 0.231. The molecule has 0 bridgehead atoms. The summed E-state index contributed by atoms with van der Waals surface area (Å²) in [6.07, 6.45) is 2.61. The summed E-state index contributed by atoms with van der Waals surface area (Å²) in [6.45, 7) is 6.73. The van der Waals surface area contributed by atoms with Crippen molar-refractivity contribution in [3.05, 3.63) is 114 Å². The lowest BCUT2D eigenvalue weighted by Gasteiger charge is -2.42. The highest BCUT2D eigenvalue weighted by molar-refractivity contribution is 5.96. The summed E-state index contributed by atoms with van der Waals surface area (Å²) in [5.41, 5.74) is 9.29. The Kier molecular flexibility index (Phi) is 5.83. The first kappa shape index (κ1) is 22.2. The molecule has 5 rings (SSSR count). The van der Waals surface area contributed by atoms with Gasteiger partial charge in [0, 0.05) is 23.1 Å². The SMILES string of the molecule is CCCCC(=O)c1ccc(-c2ccc(N3c4ccccc4C(C)(C)c4ccccc43)cc2)cc1. The van der Waals surface area contributed by atoms with E-state index in [1.807, 2.05) is 12.1 Å². The van der Waals surface area contributed by atoms with E-state index in [0.717, 1.165) is 35.2 Å². The van der Waals surface area contributed by atoms with Gasteiger partial charge in [-0.1, -0.05) is 100.0 Å². The van der Waals surface area contributed by atoms with Crippen molar-refractivity contribution in [2.75, 3.05) is 4.90 Å². The summed E-state index contributed by atoms with van der Waals surface area (Å²) in [5, 5.41) is 0. The van der Waals surface area contributed by atoms with Gasteiger partial charge in [0.25, 0.3) is 0 Å². The molecule has 2 nitrogen and oxygen atoms in total. The molecule has 0 atom stereocenters. The van der Waals surface area contributed by atoms with E-state index in [4.69, 9.17) is 0 Å². The number of para-hydroxylation sites is 2. The molecule has 0 N–H and O–H groups in total. The molecule has 1 heterocycles. The Morgan fingerprint density at radius 1 is 0.706 bits per heavy atom. The van der Waals surface area contributed by atoms with Gasteiger partial charge in [-0.05, 0) is 52.9 Å². The summed E-state index contributed by atoms with van der Waals surface area (Å²) in [7, 11) is 0. The van der Waals surface area contributed by atoms with Crippen LogP contribution >= 0.6 is 0 Å². The summed E-state index contributed by atoms with van der Waals surface area (Å²) < 4.78 is 0. The molecule has 0 fully saturated rings.